The minimum atomic E-state index is -0.0784. The number of amides is 1. The van der Waals surface area contributed by atoms with E-state index < -0.39 is 0 Å². The van der Waals surface area contributed by atoms with E-state index in [4.69, 9.17) is 5.73 Å². The Kier molecular flexibility index (Phi) is 5.02. The van der Waals surface area contributed by atoms with Crippen LogP contribution in [0.5, 0.6) is 0 Å². The highest BCUT2D eigenvalue weighted by atomic mass is 16.2. The summed E-state index contributed by atoms with van der Waals surface area (Å²) in [7, 11) is 1.87. The van der Waals surface area contributed by atoms with Crippen LogP contribution in [0.25, 0.3) is 22.0 Å². The average molecular weight is 438 g/mol. The molecule has 8 heteroatoms. The molecule has 3 aromatic heterocycles. The first-order valence-corrected chi connectivity index (χ1v) is 10.8. The number of hydrogen-bond acceptors (Lipinski definition) is 6. The van der Waals surface area contributed by atoms with Crippen LogP contribution >= 0.6 is 0 Å². The second-order valence-corrected chi connectivity index (χ2v) is 8.51. The number of nitrogens with one attached hydrogen (secondary N) is 1. The van der Waals surface area contributed by atoms with Gasteiger partial charge in [0.1, 0.15) is 11.6 Å². The third-order valence-corrected chi connectivity index (χ3v) is 6.16. The molecule has 1 aliphatic carbocycles. The lowest BCUT2D eigenvalue weighted by atomic mass is 9.96. The number of aryl methyl sites for hydroxylation is 2. The van der Waals surface area contributed by atoms with Crippen LogP contribution in [0.4, 0.5) is 11.6 Å². The number of anilines is 2. The molecule has 4 aromatic rings. The second-order valence-electron chi connectivity index (χ2n) is 8.51. The molecule has 2 atom stereocenters. The highest BCUT2D eigenvalue weighted by molar-refractivity contribution is 5.99. The molecule has 33 heavy (non-hydrogen) atoms. The molecule has 0 spiro atoms. The quantitative estimate of drug-likeness (QED) is 0.490. The van der Waals surface area contributed by atoms with Crippen LogP contribution in [0.15, 0.2) is 48.9 Å². The summed E-state index contributed by atoms with van der Waals surface area (Å²) in [5, 5.41) is 17.9. The highest BCUT2D eigenvalue weighted by Crippen LogP contribution is 2.47. The Morgan fingerprint density at radius 3 is 2.94 bits per heavy atom. The zero-order valence-corrected chi connectivity index (χ0v) is 18.4. The minimum Gasteiger partial charge on any atom is -0.383 e. The van der Waals surface area contributed by atoms with Crippen molar-refractivity contribution in [1.82, 2.24) is 19.7 Å². The highest BCUT2D eigenvalue weighted by Gasteiger charge is 2.44. The van der Waals surface area contributed by atoms with E-state index in [-0.39, 0.29) is 24.2 Å². The molecule has 1 aromatic carbocycles. The number of aromatic nitrogens is 4. The summed E-state index contributed by atoms with van der Waals surface area (Å²) >= 11 is 0. The van der Waals surface area contributed by atoms with Crippen molar-refractivity contribution in [3.8, 4) is 17.3 Å². The third kappa shape index (κ3) is 3.89. The molecule has 5 rings (SSSR count). The molecule has 0 bridgehead atoms. The molecule has 0 unspecified atom stereocenters. The molecule has 0 aliphatic heterocycles. The number of fused-ring (bicyclic) bond motifs is 1. The van der Waals surface area contributed by atoms with Gasteiger partial charge in [-0.3, -0.25) is 9.48 Å². The smallest absolute Gasteiger partial charge is 0.229 e. The van der Waals surface area contributed by atoms with Crippen molar-refractivity contribution in [1.29, 1.82) is 5.26 Å². The van der Waals surface area contributed by atoms with E-state index in [0.29, 0.717) is 22.7 Å². The van der Waals surface area contributed by atoms with Gasteiger partial charge < -0.3 is 11.1 Å². The molecule has 0 saturated heterocycles. The number of carbonyl (C=O) groups is 1. The molecule has 164 valence electrons. The van der Waals surface area contributed by atoms with E-state index in [2.05, 4.69) is 26.5 Å². The minimum absolute atomic E-state index is 0.0480. The summed E-state index contributed by atoms with van der Waals surface area (Å²) in [6.07, 6.45) is 6.50. The number of nitrogens with zero attached hydrogens (tertiary/aromatic N) is 5. The number of hydrogen-bond donors (Lipinski definition) is 2. The summed E-state index contributed by atoms with van der Waals surface area (Å²) in [5.74, 6) is 0.907. The summed E-state index contributed by atoms with van der Waals surface area (Å²) in [6.45, 7) is 1.99. The number of pyridine rings is 2. The number of nitrogens with two attached hydrogens (primary N) is 1. The van der Waals surface area contributed by atoms with Gasteiger partial charge in [-0.15, -0.1) is 0 Å². The fraction of sp³-hybridized carbons (Fsp3) is 0.240. The van der Waals surface area contributed by atoms with Crippen LogP contribution < -0.4 is 11.1 Å². The Labute approximate surface area is 191 Å². The lowest BCUT2D eigenvalue weighted by molar-refractivity contribution is -0.117. The van der Waals surface area contributed by atoms with Crippen molar-refractivity contribution in [2.75, 3.05) is 11.1 Å². The summed E-state index contributed by atoms with van der Waals surface area (Å²) in [5.41, 5.74) is 10.9. The van der Waals surface area contributed by atoms with E-state index in [0.717, 1.165) is 34.1 Å². The van der Waals surface area contributed by atoms with Crippen LogP contribution in [0.1, 0.15) is 29.0 Å². The topological polar surface area (TPSA) is 123 Å². The van der Waals surface area contributed by atoms with E-state index in [9.17, 15) is 10.1 Å². The number of nitriles is 1. The summed E-state index contributed by atoms with van der Waals surface area (Å²) < 4.78 is 1.75. The lowest BCUT2D eigenvalue weighted by Crippen LogP contribution is -2.15. The van der Waals surface area contributed by atoms with Crippen LogP contribution in [-0.4, -0.2) is 25.7 Å². The van der Waals surface area contributed by atoms with Crippen LogP contribution in [0.2, 0.25) is 0 Å². The Balaban J connectivity index is 1.44. The molecule has 3 N–H and O–H groups in total. The maximum atomic E-state index is 12.8. The predicted octanol–water partition coefficient (Wildman–Crippen LogP) is 3.73. The predicted molar refractivity (Wildman–Crippen MR) is 126 cm³/mol. The molecule has 1 fully saturated rings. The third-order valence-electron chi connectivity index (χ3n) is 6.16. The molecule has 0 radical (unpaired) electrons. The Hall–Kier alpha value is -4.25. The van der Waals surface area contributed by atoms with Gasteiger partial charge in [-0.25, -0.2) is 9.97 Å². The normalized spacial score (nSPS) is 17.0. The fourth-order valence-electron chi connectivity index (χ4n) is 4.40. The Morgan fingerprint density at radius 1 is 1.33 bits per heavy atom. The first-order valence-electron chi connectivity index (χ1n) is 10.8. The average Bonchev–Trinajstić information content (AvgIpc) is 3.47. The van der Waals surface area contributed by atoms with Crippen molar-refractivity contribution in [2.45, 2.75) is 25.7 Å². The number of nitrogen functional groups attached to an aromatic ring is 1. The van der Waals surface area contributed by atoms with Gasteiger partial charge in [0.2, 0.25) is 5.91 Å². The van der Waals surface area contributed by atoms with Gasteiger partial charge >= 0.3 is 0 Å². The van der Waals surface area contributed by atoms with Gasteiger partial charge in [0, 0.05) is 36.3 Å². The standard InChI is InChI=1S/C25H23N7O/c1-14-4-3-5-15(6-7-26)23(14)21-8-16-9-22(28-12-20(16)24(27)30-21)31-25(33)19-10-18(19)17-11-29-32(2)13-17/h3-5,8-9,11-13,18-19H,6,10H2,1-2H3,(H2,27,30)(H,28,31,33)/t18-,19+/m1/s1. The lowest BCUT2D eigenvalue weighted by Gasteiger charge is -2.13. The number of benzene rings is 1. The number of rotatable bonds is 5. The van der Waals surface area contributed by atoms with E-state index in [1.54, 1.807) is 10.9 Å². The maximum Gasteiger partial charge on any atom is 0.229 e. The second kappa shape index (κ2) is 8.02. The molecule has 1 amide bonds. The van der Waals surface area contributed by atoms with Gasteiger partial charge in [0.25, 0.3) is 0 Å². The van der Waals surface area contributed by atoms with Gasteiger partial charge in [-0.2, -0.15) is 10.4 Å². The molecule has 1 aliphatic rings. The van der Waals surface area contributed by atoms with Crippen LogP contribution in [0.3, 0.4) is 0 Å². The summed E-state index contributed by atoms with van der Waals surface area (Å²) in [4.78, 5) is 21.7. The zero-order chi connectivity index (χ0) is 23.1. The van der Waals surface area contributed by atoms with Gasteiger partial charge in [-0.1, -0.05) is 18.2 Å². The van der Waals surface area contributed by atoms with E-state index in [1.165, 1.54) is 0 Å². The van der Waals surface area contributed by atoms with Gasteiger partial charge in [0.15, 0.2) is 0 Å². The van der Waals surface area contributed by atoms with Gasteiger partial charge in [-0.05, 0) is 53.5 Å². The zero-order valence-electron chi connectivity index (χ0n) is 18.4. The van der Waals surface area contributed by atoms with E-state index in [1.807, 2.05) is 56.7 Å². The first-order chi connectivity index (χ1) is 15.9. The van der Waals surface area contributed by atoms with Crippen molar-refractivity contribution in [3.63, 3.8) is 0 Å². The molecular formula is C25H23N7O. The van der Waals surface area contributed by atoms with Crippen LogP contribution in [0, 0.1) is 24.2 Å². The molecular weight excluding hydrogens is 414 g/mol. The fourth-order valence-corrected chi connectivity index (χ4v) is 4.40. The SMILES string of the molecule is Cc1cccc(CC#N)c1-c1cc2cc(NC(=O)[C@H]3C[C@@H]3c3cnn(C)c3)ncc2c(N)n1. The van der Waals surface area contributed by atoms with Crippen LogP contribution in [-0.2, 0) is 18.3 Å². The molecule has 1 saturated carbocycles. The van der Waals surface area contributed by atoms with Crippen molar-refractivity contribution < 1.29 is 4.79 Å². The van der Waals surface area contributed by atoms with Gasteiger partial charge in [0.05, 0.1) is 24.4 Å². The molecule has 8 nitrogen and oxygen atoms in total. The number of carbonyl (C=O) groups excluding carboxylic acids is 1. The molecule has 3 heterocycles. The largest absolute Gasteiger partial charge is 0.383 e. The summed E-state index contributed by atoms with van der Waals surface area (Å²) in [6, 6.07) is 11.8. The maximum absolute atomic E-state index is 12.8. The van der Waals surface area contributed by atoms with E-state index >= 15 is 0 Å². The monoisotopic (exact) mass is 437 g/mol. The first kappa shape index (κ1) is 20.6. The van der Waals surface area contributed by atoms with Crippen molar-refractivity contribution in [3.05, 3.63) is 65.6 Å². The van der Waals surface area contributed by atoms with Crippen molar-refractivity contribution in [2.24, 2.45) is 13.0 Å². The Bertz CT molecular complexity index is 1430. The van der Waals surface area contributed by atoms with Crippen molar-refractivity contribution >= 4 is 28.3 Å². The Morgan fingerprint density at radius 2 is 2.18 bits per heavy atom.